The number of hydrogen-bond donors (Lipinski definition) is 0. The summed E-state index contributed by atoms with van der Waals surface area (Å²) >= 11 is 1.46. The van der Waals surface area contributed by atoms with Crippen molar-refractivity contribution in [3.8, 4) is 0 Å². The van der Waals surface area contributed by atoms with E-state index in [-0.39, 0.29) is 35.6 Å². The third-order valence-corrected chi connectivity index (χ3v) is 9.88. The summed E-state index contributed by atoms with van der Waals surface area (Å²) in [6.07, 6.45) is 0. The van der Waals surface area contributed by atoms with Gasteiger partial charge in [-0.2, -0.15) is 11.6 Å². The molecule has 0 heterocycles. The molecule has 0 aromatic heterocycles. The van der Waals surface area contributed by atoms with Crippen molar-refractivity contribution in [2.45, 2.75) is 59.3 Å². The van der Waals surface area contributed by atoms with Gasteiger partial charge in [0.25, 0.3) is 0 Å². The van der Waals surface area contributed by atoms with Crippen molar-refractivity contribution < 1.29 is 24.2 Å². The predicted molar refractivity (Wildman–Crippen MR) is 209 cm³/mol. The van der Waals surface area contributed by atoms with Crippen molar-refractivity contribution >= 4 is 60.3 Å². The first-order chi connectivity index (χ1) is 21.4. The molecule has 0 amide bonds. The molecular formula is C44H46Cl2Zr. The van der Waals surface area contributed by atoms with E-state index in [1.807, 2.05) is 0 Å². The number of fused-ring (bicyclic) bond motifs is 4. The summed E-state index contributed by atoms with van der Waals surface area (Å²) in [6.45, 7) is 15.8. The second kappa shape index (κ2) is 16.3. The molecule has 0 saturated carbocycles. The van der Waals surface area contributed by atoms with Crippen LogP contribution in [0.15, 0.2) is 140 Å². The van der Waals surface area contributed by atoms with E-state index in [9.17, 15) is 0 Å². The quantitative estimate of drug-likeness (QED) is 0.155. The van der Waals surface area contributed by atoms with Crippen LogP contribution in [0, 0.1) is 6.92 Å². The Morgan fingerprint density at radius 1 is 0.511 bits per heavy atom. The minimum atomic E-state index is 0. The van der Waals surface area contributed by atoms with Gasteiger partial charge in [-0.25, -0.2) is 0 Å². The molecule has 0 N–H and O–H groups in total. The molecule has 0 unspecified atom stereocenters. The van der Waals surface area contributed by atoms with E-state index in [1.165, 1.54) is 87.6 Å². The van der Waals surface area contributed by atoms with Gasteiger partial charge in [0.2, 0.25) is 0 Å². The van der Waals surface area contributed by atoms with Crippen LogP contribution in [0.25, 0.3) is 32.3 Å². The van der Waals surface area contributed by atoms with Crippen molar-refractivity contribution in [3.05, 3.63) is 167 Å². The third-order valence-electron chi connectivity index (χ3n) is 8.46. The molecular weight excluding hydrogens is 691 g/mol. The molecule has 0 aliphatic carbocycles. The maximum atomic E-state index is 2.35. The molecule has 240 valence electrons. The van der Waals surface area contributed by atoms with Crippen LogP contribution < -0.4 is 0 Å². The van der Waals surface area contributed by atoms with Gasteiger partial charge in [-0.15, -0.1) is 99.6 Å². The van der Waals surface area contributed by atoms with E-state index < -0.39 is 0 Å². The molecule has 7 aromatic rings. The average molecular weight is 737 g/mol. The first-order valence-corrected chi connectivity index (χ1v) is 17.1. The maximum absolute atomic E-state index is 2.35. The molecule has 0 atom stereocenters. The van der Waals surface area contributed by atoms with Crippen LogP contribution in [0.4, 0.5) is 0 Å². The second-order valence-electron chi connectivity index (χ2n) is 14.0. The number of benzene rings is 5. The SMILES string of the molecule is CC(C)(C)c1ccc2c(c1)[cH-]c1cc(C(C)(C)C)ccc12.Cc1c[cH-]c2ccccc12.Cl.Cl.[Zr+2]=[C](c1ccccc1)c1ccccc1. The third kappa shape index (κ3) is 9.51. The topological polar surface area (TPSA) is 0 Å². The summed E-state index contributed by atoms with van der Waals surface area (Å²) in [4.78, 5) is 0. The van der Waals surface area contributed by atoms with E-state index in [2.05, 4.69) is 188 Å². The molecule has 0 spiro atoms. The number of hydrogen-bond acceptors (Lipinski definition) is 0. The molecule has 0 aliphatic heterocycles. The van der Waals surface area contributed by atoms with Crippen molar-refractivity contribution in [1.29, 1.82) is 0 Å². The fourth-order valence-corrected chi connectivity index (χ4v) is 6.46. The van der Waals surface area contributed by atoms with E-state index in [4.69, 9.17) is 0 Å². The normalized spacial score (nSPS) is 11.1. The summed E-state index contributed by atoms with van der Waals surface area (Å²) in [5.41, 5.74) is 7.25. The van der Waals surface area contributed by atoms with E-state index in [1.54, 1.807) is 0 Å². The molecule has 0 radical (unpaired) electrons. The number of rotatable bonds is 2. The molecule has 0 aliphatic rings. The average Bonchev–Trinajstić information content (AvgIpc) is 3.61. The molecule has 3 heteroatoms. The summed E-state index contributed by atoms with van der Waals surface area (Å²) in [6, 6.07) is 50.0. The monoisotopic (exact) mass is 734 g/mol. The van der Waals surface area contributed by atoms with E-state index >= 15 is 0 Å². The Bertz CT molecular complexity index is 1920. The van der Waals surface area contributed by atoms with Gasteiger partial charge in [0.1, 0.15) is 0 Å². The number of aryl methyl sites for hydroxylation is 1. The second-order valence-corrected chi connectivity index (χ2v) is 15.2. The summed E-state index contributed by atoms with van der Waals surface area (Å²) < 4.78 is 1.42. The molecule has 7 rings (SSSR count). The molecule has 0 saturated heterocycles. The minimum absolute atomic E-state index is 0. The standard InChI is InChI=1S/C21H25.C13H10.C10H9.2ClH.Zr/c1-20(2,3)16-7-9-18-14(12-16)11-15-13-17(21(4,5)6)8-10-19(15)18;1-3-7-12(8-4-1)11-13-9-5-2-6-10-13;1-8-6-7-9-4-2-3-5-10(8)9;;;/h7-13H,1-6H3;1-10H;2-7H,1H3;2*1H;/q-1;;-1;;;+2. The van der Waals surface area contributed by atoms with Crippen molar-refractivity contribution in [3.63, 3.8) is 0 Å². The van der Waals surface area contributed by atoms with Gasteiger partial charge in [0.15, 0.2) is 0 Å². The summed E-state index contributed by atoms with van der Waals surface area (Å²) in [5.74, 6) is 0. The zero-order valence-corrected chi connectivity index (χ0v) is 32.7. The van der Waals surface area contributed by atoms with Gasteiger partial charge in [-0.1, -0.05) is 89.9 Å². The summed E-state index contributed by atoms with van der Waals surface area (Å²) in [5, 5.41) is 8.20. The van der Waals surface area contributed by atoms with Crippen LogP contribution in [0.5, 0.6) is 0 Å². The van der Waals surface area contributed by atoms with Gasteiger partial charge in [0.05, 0.1) is 0 Å². The Labute approximate surface area is 309 Å². The molecule has 0 bridgehead atoms. The van der Waals surface area contributed by atoms with Crippen LogP contribution in [0.3, 0.4) is 0 Å². The fraction of sp³-hybridized carbons (Fsp3) is 0.205. The van der Waals surface area contributed by atoms with Gasteiger partial charge in [-0.05, 0) is 10.8 Å². The predicted octanol–water partition coefficient (Wildman–Crippen LogP) is 12.8. The van der Waals surface area contributed by atoms with Crippen LogP contribution >= 0.6 is 24.8 Å². The first-order valence-electron chi connectivity index (χ1n) is 15.9. The van der Waals surface area contributed by atoms with Crippen LogP contribution in [-0.4, -0.2) is 3.21 Å². The summed E-state index contributed by atoms with van der Waals surface area (Å²) in [7, 11) is 0. The molecule has 0 fully saturated rings. The van der Waals surface area contributed by atoms with Crippen molar-refractivity contribution in [2.24, 2.45) is 0 Å². The Balaban J connectivity index is 0.000000200. The van der Waals surface area contributed by atoms with Gasteiger partial charge in [-0.3, -0.25) is 0 Å². The van der Waals surface area contributed by atoms with Gasteiger partial charge in [0, 0.05) is 0 Å². The van der Waals surface area contributed by atoms with Crippen LogP contribution in [0.1, 0.15) is 69.4 Å². The zero-order valence-electron chi connectivity index (χ0n) is 28.6. The fourth-order valence-electron chi connectivity index (χ4n) is 5.64. The van der Waals surface area contributed by atoms with Crippen molar-refractivity contribution in [1.82, 2.24) is 0 Å². The van der Waals surface area contributed by atoms with Gasteiger partial charge < -0.3 is 0 Å². The van der Waals surface area contributed by atoms with Crippen LogP contribution in [-0.2, 0) is 35.1 Å². The Morgan fingerprint density at radius 3 is 1.36 bits per heavy atom. The Morgan fingerprint density at radius 2 is 0.936 bits per heavy atom. The van der Waals surface area contributed by atoms with Crippen LogP contribution in [0.2, 0.25) is 0 Å². The Kier molecular flexibility index (Phi) is 13.3. The van der Waals surface area contributed by atoms with Gasteiger partial charge >= 0.3 is 99.2 Å². The Hall–Kier alpha value is -3.09. The molecule has 7 aromatic carbocycles. The van der Waals surface area contributed by atoms with E-state index in [0.717, 1.165) is 0 Å². The van der Waals surface area contributed by atoms with E-state index in [0.29, 0.717) is 0 Å². The number of halogens is 2. The van der Waals surface area contributed by atoms with Crippen molar-refractivity contribution in [2.75, 3.05) is 0 Å². The molecule has 47 heavy (non-hydrogen) atoms. The zero-order chi connectivity index (χ0) is 32.2. The molecule has 0 nitrogen and oxygen atoms in total. The first kappa shape index (κ1) is 38.4.